The van der Waals surface area contributed by atoms with Gasteiger partial charge in [-0.3, -0.25) is 14.9 Å². The fraction of sp³-hybridized carbons (Fsp3) is 0.889. The highest BCUT2D eigenvalue weighted by Crippen LogP contribution is 2.26. The molecule has 0 saturated heterocycles. The van der Waals surface area contributed by atoms with Crippen LogP contribution in [0.25, 0.3) is 0 Å². The van der Waals surface area contributed by atoms with Crippen molar-refractivity contribution >= 4 is 5.78 Å². The summed E-state index contributed by atoms with van der Waals surface area (Å²) in [6, 6.07) is -0.402. The number of rotatable bonds is 3. The Morgan fingerprint density at radius 3 is 2.31 bits per heavy atom. The number of hydrogen-bond donors (Lipinski definition) is 0. The molecule has 0 heterocycles. The second-order valence-corrected chi connectivity index (χ2v) is 3.61. The molecule has 0 amide bonds. The highest BCUT2D eigenvalue weighted by atomic mass is 16.6. The summed E-state index contributed by atoms with van der Waals surface area (Å²) in [7, 11) is 0. The van der Waals surface area contributed by atoms with Crippen LogP contribution in [-0.4, -0.2) is 16.7 Å². The number of nitrogens with zero attached hydrogens (tertiary/aromatic N) is 1. The van der Waals surface area contributed by atoms with Gasteiger partial charge < -0.3 is 0 Å². The maximum atomic E-state index is 11.3. The standard InChI is InChI=1S/C9H15NO3/c1-2-9(11)7-3-5-8(6-4-7)10(12)13/h7-8H,2-6H2,1H3. The quantitative estimate of drug-likeness (QED) is 0.497. The third-order valence-electron chi connectivity index (χ3n) is 2.80. The number of nitro groups is 1. The van der Waals surface area contributed by atoms with Crippen molar-refractivity contribution in [1.29, 1.82) is 0 Å². The summed E-state index contributed by atoms with van der Waals surface area (Å²) in [5.74, 6) is 0.364. The molecule has 0 aromatic heterocycles. The second-order valence-electron chi connectivity index (χ2n) is 3.61. The minimum atomic E-state index is -0.402. The van der Waals surface area contributed by atoms with Crippen LogP contribution < -0.4 is 0 Å². The monoisotopic (exact) mass is 185 g/mol. The van der Waals surface area contributed by atoms with Crippen LogP contribution in [0.4, 0.5) is 0 Å². The van der Waals surface area contributed by atoms with Crippen molar-refractivity contribution in [1.82, 2.24) is 0 Å². The van der Waals surface area contributed by atoms with E-state index < -0.39 is 6.04 Å². The van der Waals surface area contributed by atoms with Gasteiger partial charge in [-0.15, -0.1) is 0 Å². The van der Waals surface area contributed by atoms with Crippen LogP contribution in [0.1, 0.15) is 39.0 Å². The molecule has 4 heteroatoms. The van der Waals surface area contributed by atoms with Crippen molar-refractivity contribution in [2.45, 2.75) is 45.1 Å². The predicted molar refractivity (Wildman–Crippen MR) is 48.0 cm³/mol. The molecular formula is C9H15NO3. The fourth-order valence-corrected chi connectivity index (χ4v) is 1.90. The molecule has 74 valence electrons. The van der Waals surface area contributed by atoms with Crippen LogP contribution in [0.3, 0.4) is 0 Å². The highest BCUT2D eigenvalue weighted by molar-refractivity contribution is 5.80. The molecule has 0 atom stereocenters. The summed E-state index contributed by atoms with van der Waals surface area (Å²) in [6.45, 7) is 1.85. The predicted octanol–water partition coefficient (Wildman–Crippen LogP) is 1.80. The van der Waals surface area contributed by atoms with E-state index in [4.69, 9.17) is 0 Å². The molecule has 0 aliphatic heterocycles. The Bertz CT molecular complexity index is 207. The van der Waals surface area contributed by atoms with Gasteiger partial charge in [-0.2, -0.15) is 0 Å². The molecule has 0 radical (unpaired) electrons. The van der Waals surface area contributed by atoms with E-state index in [0.717, 1.165) is 0 Å². The van der Waals surface area contributed by atoms with Crippen molar-refractivity contribution < 1.29 is 9.72 Å². The Balaban J connectivity index is 2.39. The van der Waals surface area contributed by atoms with Gasteiger partial charge >= 0.3 is 0 Å². The Morgan fingerprint density at radius 2 is 1.92 bits per heavy atom. The maximum absolute atomic E-state index is 11.3. The molecule has 0 aromatic carbocycles. The van der Waals surface area contributed by atoms with E-state index in [-0.39, 0.29) is 16.6 Å². The van der Waals surface area contributed by atoms with Crippen LogP contribution in [0.5, 0.6) is 0 Å². The maximum Gasteiger partial charge on any atom is 0.213 e. The molecule has 13 heavy (non-hydrogen) atoms. The molecular weight excluding hydrogens is 170 g/mol. The van der Waals surface area contributed by atoms with Gasteiger partial charge in [0.25, 0.3) is 0 Å². The molecule has 1 aliphatic carbocycles. The van der Waals surface area contributed by atoms with Crippen molar-refractivity contribution in [3.63, 3.8) is 0 Å². The summed E-state index contributed by atoms with van der Waals surface area (Å²) in [5.41, 5.74) is 0. The van der Waals surface area contributed by atoms with Gasteiger partial charge in [0, 0.05) is 30.1 Å². The topological polar surface area (TPSA) is 60.2 Å². The number of hydrogen-bond acceptors (Lipinski definition) is 3. The molecule has 0 aromatic rings. The highest BCUT2D eigenvalue weighted by Gasteiger charge is 2.30. The molecule has 1 fully saturated rings. The van der Waals surface area contributed by atoms with E-state index >= 15 is 0 Å². The van der Waals surface area contributed by atoms with Crippen molar-refractivity contribution in [2.75, 3.05) is 0 Å². The van der Waals surface area contributed by atoms with Crippen LogP contribution in [0, 0.1) is 16.0 Å². The molecule has 0 N–H and O–H groups in total. The van der Waals surface area contributed by atoms with E-state index in [1.165, 1.54) is 0 Å². The van der Waals surface area contributed by atoms with Gasteiger partial charge in [-0.1, -0.05) is 6.92 Å². The second kappa shape index (κ2) is 4.35. The largest absolute Gasteiger partial charge is 0.299 e. The summed E-state index contributed by atoms with van der Waals surface area (Å²) < 4.78 is 0. The third kappa shape index (κ3) is 2.50. The zero-order chi connectivity index (χ0) is 9.84. The van der Waals surface area contributed by atoms with Gasteiger partial charge in [0.05, 0.1) is 0 Å². The molecule has 0 spiro atoms. The van der Waals surface area contributed by atoms with Gasteiger partial charge in [0.1, 0.15) is 5.78 Å². The number of ketones is 1. The number of Topliss-reactive ketones (excluding diaryl/α,β-unsaturated/α-hetero) is 1. The minimum Gasteiger partial charge on any atom is -0.299 e. The Morgan fingerprint density at radius 1 is 1.38 bits per heavy atom. The van der Waals surface area contributed by atoms with Gasteiger partial charge in [0.15, 0.2) is 0 Å². The van der Waals surface area contributed by atoms with E-state index in [0.29, 0.717) is 32.1 Å². The third-order valence-corrected chi connectivity index (χ3v) is 2.80. The van der Waals surface area contributed by atoms with Crippen molar-refractivity contribution in [3.05, 3.63) is 10.1 Å². The van der Waals surface area contributed by atoms with Crippen LogP contribution in [0.15, 0.2) is 0 Å². The lowest BCUT2D eigenvalue weighted by atomic mass is 9.83. The van der Waals surface area contributed by atoms with E-state index in [1.54, 1.807) is 0 Å². The average molecular weight is 185 g/mol. The summed E-state index contributed by atoms with van der Waals surface area (Å²) in [5, 5.41) is 10.4. The molecule has 1 saturated carbocycles. The van der Waals surface area contributed by atoms with Crippen LogP contribution in [-0.2, 0) is 4.79 Å². The van der Waals surface area contributed by atoms with Crippen LogP contribution in [0.2, 0.25) is 0 Å². The first-order valence-electron chi connectivity index (χ1n) is 4.81. The van der Waals surface area contributed by atoms with Gasteiger partial charge in [-0.25, -0.2) is 0 Å². The van der Waals surface area contributed by atoms with Gasteiger partial charge in [-0.05, 0) is 12.8 Å². The number of carbonyl (C=O) groups is 1. The summed E-state index contributed by atoms with van der Waals surface area (Å²) in [6.07, 6.45) is 3.12. The fourth-order valence-electron chi connectivity index (χ4n) is 1.90. The Hall–Kier alpha value is -0.930. The SMILES string of the molecule is CCC(=O)C1CCC([N+](=O)[O-])CC1. The Kier molecular flexibility index (Phi) is 3.39. The first kappa shape index (κ1) is 10.2. The smallest absolute Gasteiger partial charge is 0.213 e. The summed E-state index contributed by atoms with van der Waals surface area (Å²) in [4.78, 5) is 21.5. The summed E-state index contributed by atoms with van der Waals surface area (Å²) >= 11 is 0. The van der Waals surface area contributed by atoms with Gasteiger partial charge in [0.2, 0.25) is 6.04 Å². The van der Waals surface area contributed by atoms with E-state index in [1.807, 2.05) is 6.92 Å². The lowest BCUT2D eigenvalue weighted by Gasteiger charge is -2.22. The number of carbonyl (C=O) groups excluding carboxylic acids is 1. The average Bonchev–Trinajstić information content (AvgIpc) is 2.17. The molecule has 0 unspecified atom stereocenters. The zero-order valence-electron chi connectivity index (χ0n) is 7.86. The normalized spacial score (nSPS) is 28.4. The van der Waals surface area contributed by atoms with Crippen LogP contribution >= 0.6 is 0 Å². The van der Waals surface area contributed by atoms with E-state index in [9.17, 15) is 14.9 Å². The first-order chi connectivity index (χ1) is 6.15. The van der Waals surface area contributed by atoms with E-state index in [2.05, 4.69) is 0 Å². The Labute approximate surface area is 77.5 Å². The minimum absolute atomic E-state index is 0.0983. The lowest BCUT2D eigenvalue weighted by molar-refractivity contribution is -0.526. The first-order valence-corrected chi connectivity index (χ1v) is 4.81. The lowest BCUT2D eigenvalue weighted by Crippen LogP contribution is -2.29. The molecule has 1 rings (SSSR count). The molecule has 4 nitrogen and oxygen atoms in total. The van der Waals surface area contributed by atoms with Crippen molar-refractivity contribution in [3.8, 4) is 0 Å². The van der Waals surface area contributed by atoms with Crippen molar-refractivity contribution in [2.24, 2.45) is 5.92 Å². The zero-order valence-corrected chi connectivity index (χ0v) is 7.86. The molecule has 0 bridgehead atoms. The molecule has 1 aliphatic rings.